The molecule has 0 unspecified atom stereocenters. The van der Waals surface area contributed by atoms with Crippen LogP contribution in [0.1, 0.15) is 44.1 Å². The minimum atomic E-state index is -0.536. The van der Waals surface area contributed by atoms with Gasteiger partial charge in [-0.1, -0.05) is 12.5 Å². The molecule has 3 atom stereocenters. The van der Waals surface area contributed by atoms with Crippen molar-refractivity contribution in [1.29, 1.82) is 5.26 Å². The van der Waals surface area contributed by atoms with E-state index in [1.54, 1.807) is 13.2 Å². The predicted octanol–water partition coefficient (Wildman–Crippen LogP) is 5.09. The zero-order chi connectivity index (χ0) is 25.8. The van der Waals surface area contributed by atoms with Gasteiger partial charge in [0.05, 0.1) is 23.0 Å². The van der Waals surface area contributed by atoms with Crippen LogP contribution in [0, 0.1) is 23.1 Å². The summed E-state index contributed by atoms with van der Waals surface area (Å²) in [5, 5.41) is 17.5. The van der Waals surface area contributed by atoms with Crippen LogP contribution in [-0.4, -0.2) is 48.7 Å². The van der Waals surface area contributed by atoms with Crippen molar-refractivity contribution in [2.45, 2.75) is 50.7 Å². The standard InChI is InChI=1S/C29H35FN6O/c1-37-26-6-3-13-35(19-26)24-9-11-25(12-10-24)36-28(21-7-8-22(17-31)27(30)15-21)16-29(34-36)33-18-20-4-2-5-23(32)14-20/h7-12,15-16,20,23,26H,2-6,13-14,18-19,32H2,1H3,(H,33,34)/t20-,23-,26-/m0/s1. The third kappa shape index (κ3) is 5.79. The van der Waals surface area contributed by atoms with Crippen LogP contribution in [0.4, 0.5) is 15.9 Å². The molecule has 0 amide bonds. The quantitative estimate of drug-likeness (QED) is 0.467. The van der Waals surface area contributed by atoms with E-state index in [4.69, 9.17) is 20.8 Å². The molecule has 7 nitrogen and oxygen atoms in total. The molecule has 0 spiro atoms. The summed E-state index contributed by atoms with van der Waals surface area (Å²) < 4.78 is 22.0. The van der Waals surface area contributed by atoms with Crippen molar-refractivity contribution >= 4 is 11.5 Å². The highest BCUT2D eigenvalue weighted by molar-refractivity contribution is 5.67. The summed E-state index contributed by atoms with van der Waals surface area (Å²) in [7, 11) is 1.77. The summed E-state index contributed by atoms with van der Waals surface area (Å²) in [6, 6.07) is 17.1. The topological polar surface area (TPSA) is 92.1 Å². The highest BCUT2D eigenvalue weighted by Gasteiger charge is 2.22. The molecule has 0 bridgehead atoms. The van der Waals surface area contributed by atoms with Gasteiger partial charge in [0.25, 0.3) is 0 Å². The first-order valence-electron chi connectivity index (χ1n) is 13.2. The third-order valence-electron chi connectivity index (χ3n) is 7.66. The first kappa shape index (κ1) is 25.2. The largest absolute Gasteiger partial charge is 0.380 e. The molecule has 1 aromatic heterocycles. The lowest BCUT2D eigenvalue weighted by Crippen LogP contribution is -2.39. The van der Waals surface area contributed by atoms with Crippen LogP contribution in [0.3, 0.4) is 0 Å². The summed E-state index contributed by atoms with van der Waals surface area (Å²) >= 11 is 0. The Hall–Kier alpha value is -3.41. The van der Waals surface area contributed by atoms with Gasteiger partial charge in [-0.05, 0) is 74.4 Å². The Bertz CT molecular complexity index is 1250. The van der Waals surface area contributed by atoms with Gasteiger partial charge in [0, 0.05) is 50.1 Å². The van der Waals surface area contributed by atoms with Gasteiger partial charge in [-0.3, -0.25) is 0 Å². The lowest BCUT2D eigenvalue weighted by Gasteiger charge is -2.33. The Morgan fingerprint density at radius 2 is 1.92 bits per heavy atom. The van der Waals surface area contributed by atoms with E-state index in [9.17, 15) is 4.39 Å². The molecular formula is C29H35FN6O. The normalized spacial score (nSPS) is 22.0. The SMILES string of the molecule is CO[C@H]1CCCN(c2ccc(-n3nc(NC[C@H]4CCC[C@H](N)C4)cc3-c3ccc(C#N)c(F)c3)cc2)C1. The average Bonchev–Trinajstić information content (AvgIpc) is 3.36. The third-order valence-corrected chi connectivity index (χ3v) is 7.66. The van der Waals surface area contributed by atoms with Crippen molar-refractivity contribution in [3.05, 3.63) is 59.9 Å². The number of rotatable bonds is 7. The number of methoxy groups -OCH3 is 1. The molecule has 2 aromatic carbocycles. The van der Waals surface area contributed by atoms with Gasteiger partial charge in [-0.25, -0.2) is 9.07 Å². The number of anilines is 2. The lowest BCUT2D eigenvalue weighted by molar-refractivity contribution is 0.0893. The number of nitrogens with zero attached hydrogens (tertiary/aromatic N) is 4. The van der Waals surface area contributed by atoms with Crippen molar-refractivity contribution in [2.24, 2.45) is 11.7 Å². The van der Waals surface area contributed by atoms with E-state index in [-0.39, 0.29) is 17.7 Å². The zero-order valence-electron chi connectivity index (χ0n) is 21.4. The van der Waals surface area contributed by atoms with Gasteiger partial charge in [0.1, 0.15) is 17.7 Å². The summed E-state index contributed by atoms with van der Waals surface area (Å²) in [4.78, 5) is 2.35. The number of hydrogen-bond acceptors (Lipinski definition) is 6. The van der Waals surface area contributed by atoms with Crippen molar-refractivity contribution < 1.29 is 9.13 Å². The monoisotopic (exact) mass is 502 g/mol. The van der Waals surface area contributed by atoms with E-state index in [0.29, 0.717) is 11.5 Å². The molecule has 3 N–H and O–H groups in total. The Kier molecular flexibility index (Phi) is 7.73. The number of benzene rings is 2. The van der Waals surface area contributed by atoms with Crippen LogP contribution in [0.5, 0.6) is 0 Å². The number of nitriles is 1. The van der Waals surface area contributed by atoms with E-state index in [2.05, 4.69) is 22.3 Å². The van der Waals surface area contributed by atoms with E-state index in [1.807, 2.05) is 29.0 Å². The van der Waals surface area contributed by atoms with Gasteiger partial charge in [-0.2, -0.15) is 5.26 Å². The van der Waals surface area contributed by atoms with Crippen LogP contribution < -0.4 is 16.0 Å². The molecule has 2 fully saturated rings. The van der Waals surface area contributed by atoms with Crippen LogP contribution in [0.25, 0.3) is 16.9 Å². The maximum absolute atomic E-state index is 14.5. The molecule has 8 heteroatoms. The number of halogens is 1. The minimum Gasteiger partial charge on any atom is -0.380 e. The maximum Gasteiger partial charge on any atom is 0.149 e. The second-order valence-electron chi connectivity index (χ2n) is 10.3. The van der Waals surface area contributed by atoms with E-state index in [0.717, 1.165) is 81.0 Å². The Morgan fingerprint density at radius 3 is 2.65 bits per heavy atom. The smallest absolute Gasteiger partial charge is 0.149 e. The van der Waals surface area contributed by atoms with Crippen LogP contribution in [0.2, 0.25) is 0 Å². The molecule has 1 saturated carbocycles. The van der Waals surface area contributed by atoms with E-state index < -0.39 is 5.82 Å². The molecular weight excluding hydrogens is 467 g/mol. The van der Waals surface area contributed by atoms with Crippen LogP contribution in [-0.2, 0) is 4.74 Å². The number of ether oxygens (including phenoxy) is 1. The molecule has 37 heavy (non-hydrogen) atoms. The molecule has 5 rings (SSSR count). The van der Waals surface area contributed by atoms with E-state index in [1.165, 1.54) is 12.1 Å². The number of nitrogens with one attached hydrogen (secondary N) is 1. The van der Waals surface area contributed by atoms with Crippen molar-refractivity contribution in [2.75, 3.05) is 37.0 Å². The number of hydrogen-bond donors (Lipinski definition) is 2. The summed E-state index contributed by atoms with van der Waals surface area (Å²) in [6.07, 6.45) is 6.89. The fourth-order valence-electron chi connectivity index (χ4n) is 5.57. The molecule has 3 aromatic rings. The van der Waals surface area contributed by atoms with Gasteiger partial charge in [-0.15, -0.1) is 5.10 Å². The predicted molar refractivity (Wildman–Crippen MR) is 144 cm³/mol. The molecule has 1 aliphatic carbocycles. The Morgan fingerprint density at radius 1 is 1.11 bits per heavy atom. The minimum absolute atomic E-state index is 0.0297. The Balaban J connectivity index is 1.42. The molecule has 2 aliphatic rings. The fraction of sp³-hybridized carbons (Fsp3) is 0.448. The highest BCUT2D eigenvalue weighted by atomic mass is 19.1. The van der Waals surface area contributed by atoms with Gasteiger partial charge in [0.15, 0.2) is 0 Å². The fourth-order valence-corrected chi connectivity index (χ4v) is 5.57. The van der Waals surface area contributed by atoms with Crippen molar-refractivity contribution in [3.8, 4) is 23.0 Å². The second kappa shape index (κ2) is 11.3. The van der Waals surface area contributed by atoms with E-state index >= 15 is 0 Å². The molecule has 0 radical (unpaired) electrons. The second-order valence-corrected chi connectivity index (χ2v) is 10.3. The summed E-state index contributed by atoms with van der Waals surface area (Å²) in [6.45, 7) is 2.70. The molecule has 194 valence electrons. The number of aromatic nitrogens is 2. The Labute approximate surface area is 218 Å². The maximum atomic E-state index is 14.5. The lowest BCUT2D eigenvalue weighted by atomic mass is 9.86. The van der Waals surface area contributed by atoms with Crippen LogP contribution in [0.15, 0.2) is 48.5 Å². The zero-order valence-corrected chi connectivity index (χ0v) is 21.4. The van der Waals surface area contributed by atoms with Crippen molar-refractivity contribution in [1.82, 2.24) is 9.78 Å². The summed E-state index contributed by atoms with van der Waals surface area (Å²) in [5.74, 6) is 0.720. The highest BCUT2D eigenvalue weighted by Crippen LogP contribution is 2.30. The van der Waals surface area contributed by atoms with Gasteiger partial charge < -0.3 is 20.7 Å². The summed E-state index contributed by atoms with van der Waals surface area (Å²) in [5.41, 5.74) is 9.67. The first-order valence-corrected chi connectivity index (χ1v) is 13.2. The number of piperidine rings is 1. The molecule has 1 saturated heterocycles. The first-order chi connectivity index (χ1) is 18.0. The van der Waals surface area contributed by atoms with Gasteiger partial charge in [0.2, 0.25) is 0 Å². The van der Waals surface area contributed by atoms with Gasteiger partial charge >= 0.3 is 0 Å². The average molecular weight is 503 g/mol. The van der Waals surface area contributed by atoms with Crippen LogP contribution >= 0.6 is 0 Å². The molecule has 2 heterocycles. The molecule has 1 aliphatic heterocycles. The number of nitrogens with two attached hydrogens (primary N) is 1. The van der Waals surface area contributed by atoms with Crippen molar-refractivity contribution in [3.63, 3.8) is 0 Å².